The van der Waals surface area contributed by atoms with Gasteiger partial charge in [0.15, 0.2) is 0 Å². The van der Waals surface area contributed by atoms with Crippen molar-refractivity contribution in [2.45, 2.75) is 83.6 Å². The lowest BCUT2D eigenvalue weighted by atomic mass is 9.99. The maximum absolute atomic E-state index is 13.9. The summed E-state index contributed by atoms with van der Waals surface area (Å²) >= 11 is 6.28. The van der Waals surface area contributed by atoms with Crippen LogP contribution in [0, 0.1) is 12.8 Å². The molecule has 7 heteroatoms. The highest BCUT2D eigenvalue weighted by molar-refractivity contribution is 6.31. The fraction of sp³-hybridized carbons (Fsp3) is 0.533. The Morgan fingerprint density at radius 2 is 1.92 bits per heavy atom. The zero-order chi connectivity index (χ0) is 26.5. The first kappa shape index (κ1) is 27.6. The molecule has 1 unspecified atom stereocenters. The van der Waals surface area contributed by atoms with E-state index in [1.165, 1.54) is 5.56 Å². The van der Waals surface area contributed by atoms with Crippen LogP contribution >= 0.6 is 11.6 Å². The molecule has 2 aromatic carbocycles. The van der Waals surface area contributed by atoms with E-state index in [1.54, 1.807) is 0 Å². The van der Waals surface area contributed by atoms with Crippen molar-refractivity contribution in [2.24, 2.45) is 11.7 Å². The number of carbonyl (C=O) groups is 2. The molecule has 0 spiro atoms. The molecular formula is C30H41ClN4O2. The van der Waals surface area contributed by atoms with E-state index in [4.69, 9.17) is 17.3 Å². The molecule has 2 aromatic rings. The monoisotopic (exact) mass is 524 g/mol. The molecule has 4 atom stereocenters. The Bertz CT molecular complexity index is 1080. The van der Waals surface area contributed by atoms with Crippen molar-refractivity contribution in [1.82, 2.24) is 15.1 Å². The first-order chi connectivity index (χ1) is 17.7. The molecule has 2 aliphatic heterocycles. The number of nitrogens with two attached hydrogens (primary N) is 1. The number of fused-ring (bicyclic) bond motifs is 1. The second-order valence-corrected chi connectivity index (χ2v) is 11.6. The molecule has 200 valence electrons. The van der Waals surface area contributed by atoms with Crippen molar-refractivity contribution in [2.75, 3.05) is 13.1 Å². The number of benzene rings is 2. The van der Waals surface area contributed by atoms with Crippen LogP contribution in [-0.4, -0.2) is 58.9 Å². The highest BCUT2D eigenvalue weighted by atomic mass is 35.5. The summed E-state index contributed by atoms with van der Waals surface area (Å²) in [7, 11) is 0. The molecule has 37 heavy (non-hydrogen) atoms. The van der Waals surface area contributed by atoms with Gasteiger partial charge in [-0.2, -0.15) is 0 Å². The van der Waals surface area contributed by atoms with Gasteiger partial charge < -0.3 is 16.0 Å². The molecule has 6 nitrogen and oxygen atoms in total. The van der Waals surface area contributed by atoms with Crippen LogP contribution in [0.15, 0.2) is 48.5 Å². The van der Waals surface area contributed by atoms with Crippen LogP contribution in [0.5, 0.6) is 0 Å². The number of nitrogens with one attached hydrogen (secondary N) is 1. The predicted octanol–water partition coefficient (Wildman–Crippen LogP) is 4.31. The Balaban J connectivity index is 1.50. The van der Waals surface area contributed by atoms with Crippen molar-refractivity contribution in [3.8, 4) is 0 Å². The maximum Gasteiger partial charge on any atom is 0.243 e. The fourth-order valence-corrected chi connectivity index (χ4v) is 5.97. The molecule has 0 aromatic heterocycles. The molecule has 0 saturated carbocycles. The minimum absolute atomic E-state index is 0.0169. The number of aryl methyl sites for hydroxylation is 2. The van der Waals surface area contributed by atoms with Gasteiger partial charge in [-0.3, -0.25) is 14.5 Å². The highest BCUT2D eigenvalue weighted by Gasteiger charge is 2.45. The second kappa shape index (κ2) is 12.4. The van der Waals surface area contributed by atoms with E-state index in [0.29, 0.717) is 31.0 Å². The number of carbonyl (C=O) groups excluding carboxylic acids is 2. The third-order valence-corrected chi connectivity index (χ3v) is 8.20. The molecule has 2 amide bonds. The Labute approximate surface area is 226 Å². The summed E-state index contributed by atoms with van der Waals surface area (Å²) in [4.78, 5) is 31.6. The lowest BCUT2D eigenvalue weighted by Crippen LogP contribution is -2.53. The third-order valence-electron chi connectivity index (χ3n) is 7.80. The molecule has 0 radical (unpaired) electrons. The molecule has 2 heterocycles. The van der Waals surface area contributed by atoms with Crippen LogP contribution in [-0.2, 0) is 22.6 Å². The number of hydrogen-bond acceptors (Lipinski definition) is 4. The molecule has 2 fully saturated rings. The maximum atomic E-state index is 13.9. The van der Waals surface area contributed by atoms with Gasteiger partial charge in [0.1, 0.15) is 6.04 Å². The number of rotatable bonds is 9. The van der Waals surface area contributed by atoms with Crippen molar-refractivity contribution in [1.29, 1.82) is 0 Å². The molecule has 2 aliphatic rings. The van der Waals surface area contributed by atoms with Crippen molar-refractivity contribution in [3.05, 3.63) is 70.2 Å². The van der Waals surface area contributed by atoms with E-state index in [9.17, 15) is 9.59 Å². The van der Waals surface area contributed by atoms with E-state index in [-0.39, 0.29) is 35.9 Å². The normalized spacial score (nSPS) is 23.1. The molecule has 4 rings (SSSR count). The van der Waals surface area contributed by atoms with Crippen LogP contribution in [0.25, 0.3) is 0 Å². The molecule has 0 aliphatic carbocycles. The van der Waals surface area contributed by atoms with Crippen molar-refractivity contribution >= 4 is 23.4 Å². The summed E-state index contributed by atoms with van der Waals surface area (Å²) in [5.41, 5.74) is 9.63. The molecule has 0 bridgehead atoms. The Morgan fingerprint density at radius 3 is 2.62 bits per heavy atom. The third kappa shape index (κ3) is 6.92. The molecular weight excluding hydrogens is 484 g/mol. The van der Waals surface area contributed by atoms with Gasteiger partial charge in [-0.15, -0.1) is 0 Å². The molecule has 3 N–H and O–H groups in total. The van der Waals surface area contributed by atoms with E-state index >= 15 is 0 Å². The highest BCUT2D eigenvalue weighted by Crippen LogP contribution is 2.30. The van der Waals surface area contributed by atoms with E-state index in [2.05, 4.69) is 48.3 Å². The SMILES string of the molecule is Cc1ccc(CNC(=O)[C@@H](CC(C)C)N2CCC(CCc3ccccc3)N3C[C@H](N)C[C@H]3C2=O)cc1Cl. The summed E-state index contributed by atoms with van der Waals surface area (Å²) in [5.74, 6) is 0.223. The largest absolute Gasteiger partial charge is 0.350 e. The quantitative estimate of drug-likeness (QED) is 0.512. The van der Waals surface area contributed by atoms with Gasteiger partial charge in [0.2, 0.25) is 11.8 Å². The first-order valence-corrected chi connectivity index (χ1v) is 14.0. The standard InChI is InChI=1S/C30H41ClN4O2/c1-20(2)15-27(29(36)33-18-23-10-9-21(3)26(31)16-23)34-14-13-25(12-11-22-7-5-4-6-8-22)35-19-24(32)17-28(35)30(34)37/h4-10,16,20,24-25,27-28H,11-15,17-19,32H2,1-3H3,(H,33,36)/t24-,25?,27-,28+/m1/s1. The van der Waals surface area contributed by atoms with Gasteiger partial charge in [0, 0.05) is 36.7 Å². The Kier molecular flexibility index (Phi) is 9.27. The fourth-order valence-electron chi connectivity index (χ4n) is 5.77. The second-order valence-electron chi connectivity index (χ2n) is 11.2. The van der Waals surface area contributed by atoms with Crippen LogP contribution in [0.2, 0.25) is 5.02 Å². The summed E-state index contributed by atoms with van der Waals surface area (Å²) in [6, 6.07) is 15.8. The van der Waals surface area contributed by atoms with Gasteiger partial charge in [-0.25, -0.2) is 0 Å². The number of nitrogens with zero attached hydrogens (tertiary/aromatic N) is 2. The van der Waals surface area contributed by atoms with Crippen LogP contribution in [0.4, 0.5) is 0 Å². The van der Waals surface area contributed by atoms with Crippen LogP contribution < -0.4 is 11.1 Å². The van der Waals surface area contributed by atoms with E-state index in [1.807, 2.05) is 36.1 Å². The number of amides is 2. The number of halogens is 1. The summed E-state index contributed by atoms with van der Waals surface area (Å²) in [5, 5.41) is 3.77. The number of hydrogen-bond donors (Lipinski definition) is 2. The van der Waals surface area contributed by atoms with E-state index < -0.39 is 6.04 Å². The minimum Gasteiger partial charge on any atom is -0.350 e. The van der Waals surface area contributed by atoms with Gasteiger partial charge in [-0.1, -0.05) is 67.9 Å². The van der Waals surface area contributed by atoms with Gasteiger partial charge in [-0.05, 0) is 67.7 Å². The Hall–Kier alpha value is -2.41. The smallest absolute Gasteiger partial charge is 0.243 e. The average Bonchev–Trinajstić information content (AvgIpc) is 3.22. The zero-order valence-electron chi connectivity index (χ0n) is 22.3. The Morgan fingerprint density at radius 1 is 1.16 bits per heavy atom. The van der Waals surface area contributed by atoms with Crippen molar-refractivity contribution < 1.29 is 9.59 Å². The van der Waals surface area contributed by atoms with Crippen LogP contribution in [0.3, 0.4) is 0 Å². The lowest BCUT2D eigenvalue weighted by molar-refractivity contribution is -0.143. The summed E-state index contributed by atoms with van der Waals surface area (Å²) in [6.45, 7) is 7.86. The zero-order valence-corrected chi connectivity index (χ0v) is 23.1. The minimum atomic E-state index is -0.500. The van der Waals surface area contributed by atoms with Gasteiger partial charge in [0.05, 0.1) is 6.04 Å². The summed E-state index contributed by atoms with van der Waals surface area (Å²) in [6.07, 6.45) is 4.06. The first-order valence-electron chi connectivity index (χ1n) is 13.6. The van der Waals surface area contributed by atoms with E-state index in [0.717, 1.165) is 36.9 Å². The topological polar surface area (TPSA) is 78.7 Å². The average molecular weight is 525 g/mol. The predicted molar refractivity (Wildman–Crippen MR) is 149 cm³/mol. The lowest BCUT2D eigenvalue weighted by Gasteiger charge is -2.33. The van der Waals surface area contributed by atoms with Gasteiger partial charge in [0.25, 0.3) is 0 Å². The summed E-state index contributed by atoms with van der Waals surface area (Å²) < 4.78 is 0. The molecule has 2 saturated heterocycles. The van der Waals surface area contributed by atoms with Crippen molar-refractivity contribution in [3.63, 3.8) is 0 Å². The van der Waals surface area contributed by atoms with Gasteiger partial charge >= 0.3 is 0 Å². The van der Waals surface area contributed by atoms with Crippen LogP contribution in [0.1, 0.15) is 56.2 Å².